The molecule has 9 heteroatoms. The number of rotatable bonds is 2. The minimum Gasteiger partial charge on any atom is -0.467 e. The Bertz CT molecular complexity index is 405. The van der Waals surface area contributed by atoms with Gasteiger partial charge in [0.25, 0.3) is 0 Å². The van der Waals surface area contributed by atoms with Crippen LogP contribution in [-0.2, 0) is 13.2 Å². The van der Waals surface area contributed by atoms with Gasteiger partial charge in [-0.15, -0.1) is 5.10 Å². The van der Waals surface area contributed by atoms with E-state index in [-0.39, 0.29) is 0 Å². The van der Waals surface area contributed by atoms with Gasteiger partial charge in [-0.2, -0.15) is 26.3 Å². The SMILES string of the molecule is Cc1c(OCC(F)(F)F)nn(C)c1C(F)(F)F. The molecule has 0 saturated heterocycles. The molecule has 0 amide bonds. The van der Waals surface area contributed by atoms with Gasteiger partial charge in [0.05, 0.1) is 0 Å². The lowest BCUT2D eigenvalue weighted by Gasteiger charge is -2.08. The summed E-state index contributed by atoms with van der Waals surface area (Å²) < 4.78 is 77.5. The quantitative estimate of drug-likeness (QED) is 0.766. The molecule has 0 aliphatic rings. The molecule has 0 spiro atoms. The fraction of sp³-hybridized carbons (Fsp3) is 0.625. The van der Waals surface area contributed by atoms with Crippen molar-refractivity contribution in [1.82, 2.24) is 9.78 Å². The summed E-state index contributed by atoms with van der Waals surface area (Å²) in [6.45, 7) is -0.677. The molecular weight excluding hydrogens is 254 g/mol. The maximum absolute atomic E-state index is 12.5. The zero-order valence-electron chi connectivity index (χ0n) is 8.78. The number of ether oxygens (including phenoxy) is 1. The van der Waals surface area contributed by atoms with Gasteiger partial charge in [0, 0.05) is 12.6 Å². The third-order valence-corrected chi connectivity index (χ3v) is 1.88. The highest BCUT2D eigenvalue weighted by atomic mass is 19.4. The zero-order valence-corrected chi connectivity index (χ0v) is 8.78. The second-order valence-electron chi connectivity index (χ2n) is 3.30. The molecule has 0 bridgehead atoms. The monoisotopic (exact) mass is 262 g/mol. The first kappa shape index (κ1) is 13.7. The average Bonchev–Trinajstić information content (AvgIpc) is 2.35. The van der Waals surface area contributed by atoms with E-state index >= 15 is 0 Å². The minimum atomic E-state index is -4.69. The number of aromatic nitrogens is 2. The molecule has 0 saturated carbocycles. The van der Waals surface area contributed by atoms with Crippen molar-refractivity contribution in [3.63, 3.8) is 0 Å². The van der Waals surface area contributed by atoms with E-state index in [1.165, 1.54) is 0 Å². The van der Waals surface area contributed by atoms with Crippen LogP contribution in [0.2, 0.25) is 0 Å². The molecule has 0 aliphatic heterocycles. The van der Waals surface area contributed by atoms with Crippen LogP contribution in [0, 0.1) is 6.92 Å². The highest BCUT2D eigenvalue weighted by Gasteiger charge is 2.39. The van der Waals surface area contributed by atoms with Gasteiger partial charge < -0.3 is 4.74 Å². The fourth-order valence-corrected chi connectivity index (χ4v) is 1.29. The molecular formula is C8H8F6N2O. The molecule has 1 aromatic rings. The summed E-state index contributed by atoms with van der Waals surface area (Å²) >= 11 is 0. The van der Waals surface area contributed by atoms with Crippen LogP contribution in [0.4, 0.5) is 26.3 Å². The standard InChI is InChI=1S/C8H8F6N2O/c1-4-5(8(12,13)14)16(2)15-6(4)17-3-7(9,10)11/h3H2,1-2H3. The normalized spacial score (nSPS) is 12.9. The van der Waals surface area contributed by atoms with Crippen LogP contribution in [0.15, 0.2) is 0 Å². The smallest absolute Gasteiger partial charge is 0.433 e. The van der Waals surface area contributed by atoms with E-state index in [1.54, 1.807) is 0 Å². The van der Waals surface area contributed by atoms with Gasteiger partial charge in [0.2, 0.25) is 5.88 Å². The lowest BCUT2D eigenvalue weighted by atomic mass is 10.2. The summed E-state index contributed by atoms with van der Waals surface area (Å²) in [5, 5.41) is 3.25. The van der Waals surface area contributed by atoms with E-state index in [2.05, 4.69) is 9.84 Å². The van der Waals surface area contributed by atoms with Crippen LogP contribution in [0.25, 0.3) is 0 Å². The number of alkyl halides is 6. The molecule has 1 heterocycles. The molecule has 0 aliphatic carbocycles. The lowest BCUT2D eigenvalue weighted by Crippen LogP contribution is -2.19. The average molecular weight is 262 g/mol. The summed E-state index contributed by atoms with van der Waals surface area (Å²) in [6.07, 6.45) is -9.31. The summed E-state index contributed by atoms with van der Waals surface area (Å²) in [4.78, 5) is 0. The molecule has 1 rings (SSSR count). The van der Waals surface area contributed by atoms with E-state index in [4.69, 9.17) is 0 Å². The summed E-state index contributed by atoms with van der Waals surface area (Å²) in [5.41, 5.74) is -1.60. The van der Waals surface area contributed by atoms with E-state index in [0.29, 0.717) is 4.68 Å². The Morgan fingerprint density at radius 3 is 2.06 bits per heavy atom. The van der Waals surface area contributed by atoms with Gasteiger partial charge in [0.15, 0.2) is 6.61 Å². The van der Waals surface area contributed by atoms with Crippen molar-refractivity contribution in [3.05, 3.63) is 11.3 Å². The zero-order chi connectivity index (χ0) is 13.4. The van der Waals surface area contributed by atoms with Crippen LogP contribution in [0.3, 0.4) is 0 Å². The van der Waals surface area contributed by atoms with Crippen LogP contribution < -0.4 is 4.74 Å². The third kappa shape index (κ3) is 3.27. The fourth-order valence-electron chi connectivity index (χ4n) is 1.29. The van der Waals surface area contributed by atoms with Gasteiger partial charge >= 0.3 is 12.4 Å². The number of hydrogen-bond donors (Lipinski definition) is 0. The lowest BCUT2D eigenvalue weighted by molar-refractivity contribution is -0.154. The van der Waals surface area contributed by atoms with Crippen molar-refractivity contribution in [2.24, 2.45) is 7.05 Å². The van der Waals surface area contributed by atoms with Gasteiger partial charge in [0.1, 0.15) is 5.69 Å². The van der Waals surface area contributed by atoms with Crippen molar-refractivity contribution >= 4 is 0 Å². The topological polar surface area (TPSA) is 27.1 Å². The highest BCUT2D eigenvalue weighted by Crippen LogP contribution is 2.35. The Balaban J connectivity index is 2.98. The van der Waals surface area contributed by atoms with E-state index in [0.717, 1.165) is 14.0 Å². The van der Waals surface area contributed by atoms with Crippen LogP contribution in [-0.4, -0.2) is 22.6 Å². The third-order valence-electron chi connectivity index (χ3n) is 1.88. The Morgan fingerprint density at radius 1 is 1.18 bits per heavy atom. The number of nitrogens with zero attached hydrogens (tertiary/aromatic N) is 2. The predicted octanol–water partition coefficient (Wildman–Crippen LogP) is 2.69. The van der Waals surface area contributed by atoms with Crippen molar-refractivity contribution in [2.45, 2.75) is 19.3 Å². The summed E-state index contributed by atoms with van der Waals surface area (Å²) in [6, 6.07) is 0. The number of hydrogen-bond acceptors (Lipinski definition) is 2. The predicted molar refractivity (Wildman–Crippen MR) is 44.5 cm³/mol. The van der Waals surface area contributed by atoms with Gasteiger partial charge in [-0.25, -0.2) is 0 Å². The Kier molecular flexibility index (Phi) is 3.30. The van der Waals surface area contributed by atoms with Crippen molar-refractivity contribution < 1.29 is 31.1 Å². The van der Waals surface area contributed by atoms with Gasteiger partial charge in [-0.1, -0.05) is 0 Å². The molecule has 0 fully saturated rings. The molecule has 98 valence electrons. The van der Waals surface area contributed by atoms with Crippen molar-refractivity contribution in [3.8, 4) is 5.88 Å². The van der Waals surface area contributed by atoms with E-state index < -0.39 is 36.1 Å². The molecule has 0 aromatic carbocycles. The van der Waals surface area contributed by atoms with Crippen LogP contribution >= 0.6 is 0 Å². The number of halogens is 6. The van der Waals surface area contributed by atoms with Crippen molar-refractivity contribution in [2.75, 3.05) is 6.61 Å². The maximum Gasteiger partial charge on any atom is 0.433 e. The molecule has 0 N–H and O–H groups in total. The summed E-state index contributed by atoms with van der Waals surface area (Å²) in [7, 11) is 0.982. The van der Waals surface area contributed by atoms with Crippen LogP contribution in [0.5, 0.6) is 5.88 Å². The van der Waals surface area contributed by atoms with Gasteiger partial charge in [-0.05, 0) is 6.92 Å². The Labute approximate surface area is 92.0 Å². The molecule has 0 unspecified atom stereocenters. The molecule has 1 aromatic heterocycles. The molecule has 3 nitrogen and oxygen atoms in total. The second kappa shape index (κ2) is 4.11. The van der Waals surface area contributed by atoms with Gasteiger partial charge in [-0.3, -0.25) is 4.68 Å². The first-order valence-electron chi connectivity index (χ1n) is 4.32. The minimum absolute atomic E-state index is 0.445. The number of aryl methyl sites for hydroxylation is 1. The Morgan fingerprint density at radius 2 is 1.71 bits per heavy atom. The first-order valence-corrected chi connectivity index (χ1v) is 4.32. The second-order valence-corrected chi connectivity index (χ2v) is 3.30. The maximum atomic E-state index is 12.5. The molecule has 17 heavy (non-hydrogen) atoms. The van der Waals surface area contributed by atoms with E-state index in [1.807, 2.05) is 0 Å². The highest BCUT2D eigenvalue weighted by molar-refractivity contribution is 5.31. The largest absolute Gasteiger partial charge is 0.467 e. The molecule has 0 atom stereocenters. The van der Waals surface area contributed by atoms with Crippen LogP contribution in [0.1, 0.15) is 11.3 Å². The first-order chi connectivity index (χ1) is 7.52. The Hall–Kier alpha value is -1.41. The molecule has 0 radical (unpaired) electrons. The summed E-state index contributed by atoms with van der Waals surface area (Å²) in [5.74, 6) is -0.669. The van der Waals surface area contributed by atoms with E-state index in [9.17, 15) is 26.3 Å². The van der Waals surface area contributed by atoms with Crippen molar-refractivity contribution in [1.29, 1.82) is 0 Å².